The SMILES string of the molecule is Cc1ccc2c(c1OCc1ccc(Cl)cc1)C(=O)N(C)CC2. The van der Waals surface area contributed by atoms with Gasteiger partial charge in [-0.25, -0.2) is 0 Å². The maximum atomic E-state index is 12.5. The topological polar surface area (TPSA) is 29.5 Å². The van der Waals surface area contributed by atoms with E-state index in [0.29, 0.717) is 22.9 Å². The molecule has 114 valence electrons. The van der Waals surface area contributed by atoms with Crippen molar-refractivity contribution in [3.63, 3.8) is 0 Å². The quantitative estimate of drug-likeness (QED) is 0.861. The van der Waals surface area contributed by atoms with Gasteiger partial charge in [-0.15, -0.1) is 0 Å². The van der Waals surface area contributed by atoms with Crippen molar-refractivity contribution in [3.05, 3.63) is 63.7 Å². The van der Waals surface area contributed by atoms with Crippen LogP contribution in [0.1, 0.15) is 27.0 Å². The number of carbonyl (C=O) groups excluding carboxylic acids is 1. The predicted molar refractivity (Wildman–Crippen MR) is 87.6 cm³/mol. The van der Waals surface area contributed by atoms with Crippen LogP contribution in [0.2, 0.25) is 5.02 Å². The fourth-order valence-electron chi connectivity index (χ4n) is 2.67. The normalized spacial score (nSPS) is 14.0. The van der Waals surface area contributed by atoms with Crippen molar-refractivity contribution in [1.82, 2.24) is 4.90 Å². The largest absolute Gasteiger partial charge is 0.488 e. The van der Waals surface area contributed by atoms with Gasteiger partial charge in [0.05, 0.1) is 5.56 Å². The first-order valence-corrected chi connectivity index (χ1v) is 7.69. The van der Waals surface area contributed by atoms with Gasteiger partial charge in [0.2, 0.25) is 0 Å². The van der Waals surface area contributed by atoms with Crippen LogP contribution in [0.3, 0.4) is 0 Å². The lowest BCUT2D eigenvalue weighted by atomic mass is 9.96. The highest BCUT2D eigenvalue weighted by molar-refractivity contribution is 6.30. The molecule has 0 saturated carbocycles. The Hall–Kier alpha value is -2.00. The van der Waals surface area contributed by atoms with Crippen LogP contribution in [0.5, 0.6) is 5.75 Å². The van der Waals surface area contributed by atoms with E-state index in [1.807, 2.05) is 50.4 Å². The van der Waals surface area contributed by atoms with Crippen LogP contribution in [0.4, 0.5) is 0 Å². The van der Waals surface area contributed by atoms with E-state index in [0.717, 1.165) is 29.7 Å². The maximum absolute atomic E-state index is 12.5. The second kappa shape index (κ2) is 6.01. The molecular weight excluding hydrogens is 298 g/mol. The summed E-state index contributed by atoms with van der Waals surface area (Å²) in [6.07, 6.45) is 0.870. The van der Waals surface area contributed by atoms with Crippen LogP contribution in [-0.2, 0) is 13.0 Å². The summed E-state index contributed by atoms with van der Waals surface area (Å²) >= 11 is 5.89. The second-order valence-corrected chi connectivity index (χ2v) is 6.07. The highest BCUT2D eigenvalue weighted by atomic mass is 35.5. The molecule has 1 heterocycles. The van der Waals surface area contributed by atoms with Crippen molar-refractivity contribution < 1.29 is 9.53 Å². The number of amides is 1. The molecule has 4 heteroatoms. The lowest BCUT2D eigenvalue weighted by Crippen LogP contribution is -2.34. The van der Waals surface area contributed by atoms with Gasteiger partial charge in [-0.3, -0.25) is 4.79 Å². The average Bonchev–Trinajstić information content (AvgIpc) is 2.52. The summed E-state index contributed by atoms with van der Waals surface area (Å²) in [6, 6.07) is 11.6. The Kier molecular flexibility index (Phi) is 4.08. The molecule has 2 aromatic rings. The average molecular weight is 316 g/mol. The maximum Gasteiger partial charge on any atom is 0.257 e. The number of halogens is 1. The Balaban J connectivity index is 1.90. The first-order valence-electron chi connectivity index (χ1n) is 7.31. The van der Waals surface area contributed by atoms with Crippen LogP contribution in [-0.4, -0.2) is 24.4 Å². The zero-order valence-electron chi connectivity index (χ0n) is 12.7. The number of nitrogens with zero attached hydrogens (tertiary/aromatic N) is 1. The van der Waals surface area contributed by atoms with Gasteiger partial charge in [0.1, 0.15) is 12.4 Å². The standard InChI is InChI=1S/C18H18ClNO2/c1-12-3-6-14-9-10-20(2)18(21)16(14)17(12)22-11-13-4-7-15(19)8-5-13/h3-8H,9-11H2,1-2H3. The van der Waals surface area contributed by atoms with Gasteiger partial charge in [0, 0.05) is 18.6 Å². The number of carbonyl (C=O) groups is 1. The molecule has 0 aromatic heterocycles. The summed E-state index contributed by atoms with van der Waals surface area (Å²) in [4.78, 5) is 14.2. The Bertz CT molecular complexity index is 710. The monoisotopic (exact) mass is 315 g/mol. The van der Waals surface area contributed by atoms with Crippen molar-refractivity contribution >= 4 is 17.5 Å². The molecule has 3 rings (SSSR count). The molecule has 0 aliphatic carbocycles. The van der Waals surface area contributed by atoms with Crippen LogP contribution in [0, 0.1) is 6.92 Å². The first kappa shape index (κ1) is 14.9. The van der Waals surface area contributed by atoms with Crippen molar-refractivity contribution in [2.75, 3.05) is 13.6 Å². The van der Waals surface area contributed by atoms with Gasteiger partial charge in [-0.2, -0.15) is 0 Å². The number of fused-ring (bicyclic) bond motifs is 1. The van der Waals surface area contributed by atoms with Crippen LogP contribution >= 0.6 is 11.6 Å². The van der Waals surface area contributed by atoms with E-state index in [1.54, 1.807) is 4.90 Å². The van der Waals surface area contributed by atoms with Crippen LogP contribution < -0.4 is 4.74 Å². The summed E-state index contributed by atoms with van der Waals surface area (Å²) < 4.78 is 5.99. The summed E-state index contributed by atoms with van der Waals surface area (Å²) in [7, 11) is 1.83. The minimum Gasteiger partial charge on any atom is -0.488 e. The number of benzene rings is 2. The molecule has 1 amide bonds. The molecule has 0 atom stereocenters. The molecular formula is C18H18ClNO2. The van der Waals surface area contributed by atoms with E-state index in [2.05, 4.69) is 0 Å². The number of rotatable bonds is 3. The lowest BCUT2D eigenvalue weighted by molar-refractivity contribution is 0.0775. The predicted octanol–water partition coefficient (Wildman–Crippen LogP) is 3.86. The molecule has 0 spiro atoms. The van der Waals surface area contributed by atoms with E-state index in [-0.39, 0.29) is 5.91 Å². The lowest BCUT2D eigenvalue weighted by Gasteiger charge is -2.27. The van der Waals surface area contributed by atoms with Gasteiger partial charge in [-0.1, -0.05) is 35.9 Å². The molecule has 0 fully saturated rings. The smallest absolute Gasteiger partial charge is 0.257 e. The van der Waals surface area contributed by atoms with Crippen molar-refractivity contribution in [2.45, 2.75) is 20.0 Å². The third-order valence-corrected chi connectivity index (χ3v) is 4.27. The third kappa shape index (κ3) is 2.81. The molecule has 1 aliphatic heterocycles. The highest BCUT2D eigenvalue weighted by Gasteiger charge is 2.26. The number of hydrogen-bond donors (Lipinski definition) is 0. The van der Waals surface area contributed by atoms with Gasteiger partial charge in [-0.05, 0) is 42.2 Å². The Morgan fingerprint density at radius 1 is 1.18 bits per heavy atom. The van der Waals surface area contributed by atoms with E-state index < -0.39 is 0 Å². The van der Waals surface area contributed by atoms with Crippen LogP contribution in [0.25, 0.3) is 0 Å². The molecule has 0 N–H and O–H groups in total. The summed E-state index contributed by atoms with van der Waals surface area (Å²) in [5.41, 5.74) is 3.79. The molecule has 0 saturated heterocycles. The molecule has 22 heavy (non-hydrogen) atoms. The van der Waals surface area contributed by atoms with Gasteiger partial charge < -0.3 is 9.64 Å². The van der Waals surface area contributed by atoms with E-state index in [1.165, 1.54) is 0 Å². The van der Waals surface area contributed by atoms with E-state index in [9.17, 15) is 4.79 Å². The number of aryl methyl sites for hydroxylation is 1. The molecule has 2 aromatic carbocycles. The fourth-order valence-corrected chi connectivity index (χ4v) is 2.80. The number of hydrogen-bond acceptors (Lipinski definition) is 2. The first-order chi connectivity index (χ1) is 10.6. The van der Waals surface area contributed by atoms with Crippen LogP contribution in [0.15, 0.2) is 36.4 Å². The fraction of sp³-hybridized carbons (Fsp3) is 0.278. The van der Waals surface area contributed by atoms with Gasteiger partial charge in [0.25, 0.3) is 5.91 Å². The number of likely N-dealkylation sites (N-methyl/N-ethyl adjacent to an activating group) is 1. The summed E-state index contributed by atoms with van der Waals surface area (Å²) in [5.74, 6) is 0.736. The zero-order chi connectivity index (χ0) is 15.7. The molecule has 1 aliphatic rings. The second-order valence-electron chi connectivity index (χ2n) is 5.64. The molecule has 0 unspecified atom stereocenters. The zero-order valence-corrected chi connectivity index (χ0v) is 13.5. The highest BCUT2D eigenvalue weighted by Crippen LogP contribution is 2.31. The Labute approximate surface area is 135 Å². The van der Waals surface area contributed by atoms with Gasteiger partial charge >= 0.3 is 0 Å². The number of ether oxygens (including phenoxy) is 1. The molecule has 0 radical (unpaired) electrons. The molecule has 3 nitrogen and oxygen atoms in total. The minimum atomic E-state index is 0.0380. The third-order valence-electron chi connectivity index (χ3n) is 4.01. The summed E-state index contributed by atoms with van der Waals surface area (Å²) in [5, 5.41) is 0.703. The van der Waals surface area contributed by atoms with Crippen molar-refractivity contribution in [2.24, 2.45) is 0 Å². The van der Waals surface area contributed by atoms with Crippen molar-refractivity contribution in [1.29, 1.82) is 0 Å². The Morgan fingerprint density at radius 3 is 2.64 bits per heavy atom. The summed E-state index contributed by atoms with van der Waals surface area (Å²) in [6.45, 7) is 3.15. The molecule has 0 bridgehead atoms. The minimum absolute atomic E-state index is 0.0380. The van der Waals surface area contributed by atoms with E-state index >= 15 is 0 Å². The van der Waals surface area contributed by atoms with Gasteiger partial charge in [0.15, 0.2) is 0 Å². The Morgan fingerprint density at radius 2 is 1.91 bits per heavy atom. The van der Waals surface area contributed by atoms with Crippen molar-refractivity contribution in [3.8, 4) is 5.75 Å². The van der Waals surface area contributed by atoms with E-state index in [4.69, 9.17) is 16.3 Å².